The first-order valence-electron chi connectivity index (χ1n) is 5.58. The van der Waals surface area contributed by atoms with Gasteiger partial charge < -0.3 is 4.84 Å². The van der Waals surface area contributed by atoms with Gasteiger partial charge in [0.15, 0.2) is 0 Å². The van der Waals surface area contributed by atoms with Crippen molar-refractivity contribution >= 4 is 16.6 Å². The quantitative estimate of drug-likeness (QED) is 0.741. The van der Waals surface area contributed by atoms with Gasteiger partial charge in [-0.1, -0.05) is 17.3 Å². The molecule has 6 heteroatoms. The zero-order valence-electron chi connectivity index (χ0n) is 9.77. The van der Waals surface area contributed by atoms with Crippen LogP contribution in [0.25, 0.3) is 10.9 Å². The first kappa shape index (κ1) is 10.8. The Kier molecular flexibility index (Phi) is 2.29. The summed E-state index contributed by atoms with van der Waals surface area (Å²) in [6.07, 6.45) is 0.603. The third-order valence-electron chi connectivity index (χ3n) is 3.10. The summed E-state index contributed by atoms with van der Waals surface area (Å²) in [6, 6.07) is 5.32. The number of aromatic amines is 1. The number of nitrogens with one attached hydrogen (secondary N) is 1. The predicted molar refractivity (Wildman–Crippen MR) is 67.0 cm³/mol. The van der Waals surface area contributed by atoms with Crippen molar-refractivity contribution in [2.45, 2.75) is 13.0 Å². The molecule has 92 valence electrons. The molecule has 1 N–H and O–H groups in total. The van der Waals surface area contributed by atoms with Gasteiger partial charge in [0.1, 0.15) is 7.11 Å². The lowest BCUT2D eigenvalue weighted by Gasteiger charge is -2.19. The number of para-hydroxylation sites is 1. The van der Waals surface area contributed by atoms with Gasteiger partial charge in [-0.25, -0.2) is 4.79 Å². The number of oxime groups is 1. The van der Waals surface area contributed by atoms with E-state index in [0.29, 0.717) is 23.9 Å². The maximum absolute atomic E-state index is 11.8. The molecule has 18 heavy (non-hydrogen) atoms. The summed E-state index contributed by atoms with van der Waals surface area (Å²) >= 11 is 0. The molecule has 0 amide bonds. The number of benzene rings is 1. The average molecular weight is 245 g/mol. The molecule has 1 aromatic carbocycles. The van der Waals surface area contributed by atoms with E-state index in [9.17, 15) is 9.59 Å². The van der Waals surface area contributed by atoms with Gasteiger partial charge in [0.2, 0.25) is 0 Å². The minimum absolute atomic E-state index is 0.369. The van der Waals surface area contributed by atoms with Crippen molar-refractivity contribution in [3.05, 3.63) is 44.6 Å². The molecule has 0 fully saturated rings. The third kappa shape index (κ3) is 1.38. The summed E-state index contributed by atoms with van der Waals surface area (Å²) in [4.78, 5) is 30.7. The van der Waals surface area contributed by atoms with Gasteiger partial charge in [-0.15, -0.1) is 0 Å². The number of rotatable bonds is 1. The molecule has 0 bridgehead atoms. The summed E-state index contributed by atoms with van der Waals surface area (Å²) in [5.74, 6) is 0. The minimum Gasteiger partial charge on any atom is -0.399 e. The summed E-state index contributed by atoms with van der Waals surface area (Å²) in [6.45, 7) is 0.491. The molecular formula is C12H11N3O3. The van der Waals surface area contributed by atoms with E-state index in [4.69, 9.17) is 4.84 Å². The normalized spacial score (nSPS) is 16.2. The highest BCUT2D eigenvalue weighted by Crippen LogP contribution is 2.21. The van der Waals surface area contributed by atoms with Gasteiger partial charge in [0.05, 0.1) is 16.6 Å². The lowest BCUT2D eigenvalue weighted by atomic mass is 10.0. The lowest BCUT2D eigenvalue weighted by Crippen LogP contribution is -2.34. The first-order chi connectivity index (χ1) is 8.72. The molecule has 3 rings (SSSR count). The molecule has 2 heterocycles. The van der Waals surface area contributed by atoms with Gasteiger partial charge in [0.25, 0.3) is 5.56 Å². The smallest absolute Gasteiger partial charge is 0.328 e. The van der Waals surface area contributed by atoms with Crippen LogP contribution >= 0.6 is 0 Å². The molecule has 1 aliphatic rings. The van der Waals surface area contributed by atoms with Crippen LogP contribution in [0, 0.1) is 0 Å². The van der Waals surface area contributed by atoms with Crippen LogP contribution in [0.3, 0.4) is 0 Å². The van der Waals surface area contributed by atoms with Gasteiger partial charge in [-0.05, 0) is 6.07 Å². The number of hydrogen-bond donors (Lipinski definition) is 1. The molecule has 0 radical (unpaired) electrons. The summed E-state index contributed by atoms with van der Waals surface area (Å²) in [5.41, 5.74) is 1.42. The minimum atomic E-state index is -0.378. The fourth-order valence-electron chi connectivity index (χ4n) is 2.35. The molecule has 0 saturated carbocycles. The van der Waals surface area contributed by atoms with Crippen LogP contribution in [0.5, 0.6) is 0 Å². The van der Waals surface area contributed by atoms with E-state index in [2.05, 4.69) is 10.1 Å². The molecule has 0 aliphatic carbocycles. The maximum atomic E-state index is 11.8. The predicted octanol–water partition coefficient (Wildman–Crippen LogP) is 0.444. The number of nitrogens with zero attached hydrogens (tertiary/aromatic N) is 2. The fourth-order valence-corrected chi connectivity index (χ4v) is 2.35. The monoisotopic (exact) mass is 245 g/mol. The third-order valence-corrected chi connectivity index (χ3v) is 3.10. The number of aryl methyl sites for hydroxylation is 1. The SMILES string of the molecule is CON=C1CCn2c(=O)[nH]c(=O)c3cccc1c32. The van der Waals surface area contributed by atoms with Gasteiger partial charge >= 0.3 is 5.69 Å². The van der Waals surface area contributed by atoms with E-state index < -0.39 is 0 Å². The molecule has 1 aliphatic heterocycles. The zero-order valence-corrected chi connectivity index (χ0v) is 9.77. The number of H-pyrrole nitrogens is 1. The van der Waals surface area contributed by atoms with Crippen LogP contribution in [-0.2, 0) is 11.4 Å². The Balaban J connectivity index is 2.51. The van der Waals surface area contributed by atoms with Crippen LogP contribution in [0.15, 0.2) is 32.9 Å². The van der Waals surface area contributed by atoms with Crippen LogP contribution in [0.4, 0.5) is 0 Å². The molecule has 6 nitrogen and oxygen atoms in total. The molecule has 1 aromatic heterocycles. The van der Waals surface area contributed by atoms with Crippen molar-refractivity contribution in [3.63, 3.8) is 0 Å². The van der Waals surface area contributed by atoms with Crippen molar-refractivity contribution in [2.75, 3.05) is 7.11 Å². The van der Waals surface area contributed by atoms with Crippen molar-refractivity contribution in [1.29, 1.82) is 0 Å². The molecule has 0 saturated heterocycles. The Bertz CT molecular complexity index is 770. The van der Waals surface area contributed by atoms with E-state index in [1.54, 1.807) is 16.7 Å². The van der Waals surface area contributed by atoms with Crippen molar-refractivity contribution in [3.8, 4) is 0 Å². The highest BCUT2D eigenvalue weighted by molar-refractivity contribution is 6.10. The Morgan fingerprint density at radius 1 is 1.39 bits per heavy atom. The Morgan fingerprint density at radius 2 is 2.22 bits per heavy atom. The topological polar surface area (TPSA) is 76.5 Å². The van der Waals surface area contributed by atoms with Crippen LogP contribution in [0.1, 0.15) is 12.0 Å². The second-order valence-electron chi connectivity index (χ2n) is 4.08. The van der Waals surface area contributed by atoms with Crippen molar-refractivity contribution in [2.24, 2.45) is 5.16 Å². The van der Waals surface area contributed by atoms with E-state index in [1.807, 2.05) is 6.07 Å². The average Bonchev–Trinajstić information content (AvgIpc) is 2.37. The van der Waals surface area contributed by atoms with Crippen LogP contribution < -0.4 is 11.2 Å². The second kappa shape index (κ2) is 3.83. The van der Waals surface area contributed by atoms with E-state index >= 15 is 0 Å². The van der Waals surface area contributed by atoms with Gasteiger partial charge in [-0.3, -0.25) is 14.3 Å². The molecule has 2 aromatic rings. The Morgan fingerprint density at radius 3 is 3.00 bits per heavy atom. The van der Waals surface area contributed by atoms with Crippen LogP contribution in [-0.4, -0.2) is 22.4 Å². The summed E-state index contributed by atoms with van der Waals surface area (Å²) in [7, 11) is 1.48. The number of hydrogen-bond acceptors (Lipinski definition) is 4. The molecular weight excluding hydrogens is 234 g/mol. The maximum Gasteiger partial charge on any atom is 0.328 e. The largest absolute Gasteiger partial charge is 0.399 e. The van der Waals surface area contributed by atoms with Crippen molar-refractivity contribution < 1.29 is 4.84 Å². The standard InChI is InChI=1S/C12H11N3O3/c1-18-14-9-5-6-15-10-7(9)3-2-4-8(10)11(16)13-12(15)17/h2-4H,5-6H2,1H3,(H,13,16,17). The lowest BCUT2D eigenvalue weighted by molar-refractivity contribution is 0.212. The fraction of sp³-hybridized carbons (Fsp3) is 0.250. The number of aromatic nitrogens is 2. The highest BCUT2D eigenvalue weighted by Gasteiger charge is 2.20. The summed E-state index contributed by atoms with van der Waals surface area (Å²) in [5, 5.41) is 4.45. The Hall–Kier alpha value is -2.37. The Labute approximate surface area is 102 Å². The van der Waals surface area contributed by atoms with Crippen molar-refractivity contribution in [1.82, 2.24) is 9.55 Å². The van der Waals surface area contributed by atoms with E-state index in [1.165, 1.54) is 7.11 Å². The summed E-state index contributed by atoms with van der Waals surface area (Å²) < 4.78 is 1.57. The molecule has 0 unspecified atom stereocenters. The van der Waals surface area contributed by atoms with E-state index in [0.717, 1.165) is 11.3 Å². The molecule has 0 spiro atoms. The van der Waals surface area contributed by atoms with Gasteiger partial charge in [-0.2, -0.15) is 0 Å². The first-order valence-corrected chi connectivity index (χ1v) is 5.58. The highest BCUT2D eigenvalue weighted by atomic mass is 16.6. The van der Waals surface area contributed by atoms with Crippen LogP contribution in [0.2, 0.25) is 0 Å². The molecule has 0 atom stereocenters. The zero-order chi connectivity index (χ0) is 12.7. The second-order valence-corrected chi connectivity index (χ2v) is 4.08. The van der Waals surface area contributed by atoms with E-state index in [-0.39, 0.29) is 11.2 Å². The van der Waals surface area contributed by atoms with Gasteiger partial charge in [0, 0.05) is 18.5 Å².